The van der Waals surface area contributed by atoms with Crippen molar-refractivity contribution in [3.05, 3.63) is 39.9 Å². The van der Waals surface area contributed by atoms with Gasteiger partial charge < -0.3 is 10.5 Å². The molecule has 16 heavy (non-hydrogen) atoms. The van der Waals surface area contributed by atoms with Crippen LogP contribution in [0.4, 0.5) is 0 Å². The molecule has 0 saturated heterocycles. The number of hydrogen-bond acceptors (Lipinski definition) is 2. The van der Waals surface area contributed by atoms with Gasteiger partial charge in [-0.25, -0.2) is 0 Å². The molecule has 0 saturated carbocycles. The first-order valence-corrected chi connectivity index (χ1v) is 5.86. The number of rotatable bonds is 5. The predicted molar refractivity (Wildman–Crippen MR) is 69.5 cm³/mol. The Morgan fingerprint density at radius 1 is 1.38 bits per heavy atom. The summed E-state index contributed by atoms with van der Waals surface area (Å²) in [6, 6.07) is 3.51. The highest BCUT2D eigenvalue weighted by Gasteiger charge is 2.09. The molecule has 0 aromatic heterocycles. The molecule has 0 spiro atoms. The number of hydrogen-bond donors (Lipinski definition) is 1. The minimum absolute atomic E-state index is 0.495. The number of benzene rings is 1. The Balaban J connectivity index is 2.94. The molecule has 0 heterocycles. The average Bonchev–Trinajstić information content (AvgIpc) is 2.22. The zero-order chi connectivity index (χ0) is 12.0. The molecule has 0 atom stereocenters. The van der Waals surface area contributed by atoms with Crippen molar-refractivity contribution in [3.63, 3.8) is 0 Å². The van der Waals surface area contributed by atoms with Gasteiger partial charge in [-0.2, -0.15) is 0 Å². The zero-order valence-electron chi connectivity index (χ0n) is 9.17. The summed E-state index contributed by atoms with van der Waals surface area (Å²) in [5.74, 6) is 0.676. The van der Waals surface area contributed by atoms with Gasteiger partial charge in [0.2, 0.25) is 0 Å². The van der Waals surface area contributed by atoms with E-state index in [2.05, 4.69) is 0 Å². The van der Waals surface area contributed by atoms with E-state index in [1.165, 1.54) is 0 Å². The molecule has 0 unspecified atom stereocenters. The number of ether oxygens (including phenoxy) is 1. The molecule has 1 rings (SSSR count). The molecule has 0 radical (unpaired) electrons. The van der Waals surface area contributed by atoms with Gasteiger partial charge in [0.1, 0.15) is 12.4 Å². The molecule has 2 nitrogen and oxygen atoms in total. The first-order chi connectivity index (χ1) is 7.69. The Bertz CT molecular complexity index is 378. The number of allylic oxidation sites excluding steroid dienone is 1. The van der Waals surface area contributed by atoms with E-state index in [0.29, 0.717) is 35.4 Å². The highest BCUT2D eigenvalue weighted by Crippen LogP contribution is 2.32. The van der Waals surface area contributed by atoms with Crippen LogP contribution in [0, 0.1) is 0 Å². The van der Waals surface area contributed by atoms with Gasteiger partial charge in [-0.15, -0.1) is 0 Å². The molecule has 0 aliphatic heterocycles. The maximum absolute atomic E-state index is 6.07. The fourth-order valence-corrected chi connectivity index (χ4v) is 1.93. The summed E-state index contributed by atoms with van der Waals surface area (Å²) in [5.41, 5.74) is 6.48. The molecular weight excluding hydrogens is 245 g/mol. The van der Waals surface area contributed by atoms with Crippen molar-refractivity contribution in [3.8, 4) is 5.75 Å². The molecule has 1 aromatic carbocycles. The fourth-order valence-electron chi connectivity index (χ4n) is 1.34. The van der Waals surface area contributed by atoms with Crippen LogP contribution >= 0.6 is 23.2 Å². The van der Waals surface area contributed by atoms with Gasteiger partial charge in [0, 0.05) is 5.02 Å². The number of halogens is 2. The van der Waals surface area contributed by atoms with Gasteiger partial charge in [0.05, 0.1) is 5.02 Å². The molecule has 0 aliphatic carbocycles. The van der Waals surface area contributed by atoms with Crippen LogP contribution in [-0.4, -0.2) is 13.2 Å². The largest absolute Gasteiger partial charge is 0.488 e. The van der Waals surface area contributed by atoms with Gasteiger partial charge in [0.15, 0.2) is 0 Å². The van der Waals surface area contributed by atoms with Crippen LogP contribution in [-0.2, 0) is 6.42 Å². The molecule has 1 aromatic rings. The minimum Gasteiger partial charge on any atom is -0.488 e. The third-order valence-electron chi connectivity index (χ3n) is 2.06. The Morgan fingerprint density at radius 3 is 2.75 bits per heavy atom. The van der Waals surface area contributed by atoms with Crippen molar-refractivity contribution >= 4 is 23.2 Å². The summed E-state index contributed by atoms with van der Waals surface area (Å²) in [7, 11) is 0. The van der Waals surface area contributed by atoms with Crippen LogP contribution < -0.4 is 10.5 Å². The Hall–Kier alpha value is -0.700. The lowest BCUT2D eigenvalue weighted by Gasteiger charge is -2.12. The van der Waals surface area contributed by atoms with E-state index < -0.39 is 0 Å². The van der Waals surface area contributed by atoms with Crippen molar-refractivity contribution in [1.29, 1.82) is 0 Å². The van der Waals surface area contributed by atoms with Crippen LogP contribution in [0.2, 0.25) is 10.0 Å². The van der Waals surface area contributed by atoms with Crippen molar-refractivity contribution in [2.45, 2.75) is 13.3 Å². The first kappa shape index (κ1) is 13.4. The van der Waals surface area contributed by atoms with E-state index in [1.54, 1.807) is 6.07 Å². The summed E-state index contributed by atoms with van der Waals surface area (Å²) in [5, 5.41) is 1.13. The third kappa shape index (κ3) is 3.71. The van der Waals surface area contributed by atoms with Gasteiger partial charge in [-0.05, 0) is 37.6 Å². The molecule has 0 fully saturated rings. The second kappa shape index (κ2) is 6.79. The Morgan fingerprint density at radius 2 is 2.12 bits per heavy atom. The SMILES string of the molecule is C/C=C/COc1c(Cl)cc(Cl)cc1CCN. The summed E-state index contributed by atoms with van der Waals surface area (Å²) in [4.78, 5) is 0. The second-order valence-electron chi connectivity index (χ2n) is 3.29. The smallest absolute Gasteiger partial charge is 0.141 e. The zero-order valence-corrected chi connectivity index (χ0v) is 10.7. The van der Waals surface area contributed by atoms with Gasteiger partial charge in [0.25, 0.3) is 0 Å². The fraction of sp³-hybridized carbons (Fsp3) is 0.333. The Labute approximate surface area is 106 Å². The first-order valence-electron chi connectivity index (χ1n) is 5.11. The topological polar surface area (TPSA) is 35.2 Å². The van der Waals surface area contributed by atoms with Gasteiger partial charge >= 0.3 is 0 Å². The normalized spacial score (nSPS) is 11.0. The lowest BCUT2D eigenvalue weighted by atomic mass is 10.1. The summed E-state index contributed by atoms with van der Waals surface area (Å²) < 4.78 is 5.58. The molecule has 0 aliphatic rings. The lowest BCUT2D eigenvalue weighted by Crippen LogP contribution is -2.06. The molecule has 4 heteroatoms. The third-order valence-corrected chi connectivity index (χ3v) is 2.56. The van der Waals surface area contributed by atoms with Crippen molar-refractivity contribution < 1.29 is 4.74 Å². The molecular formula is C12H15Cl2NO. The molecule has 0 amide bonds. The van der Waals surface area contributed by atoms with E-state index in [-0.39, 0.29) is 0 Å². The van der Waals surface area contributed by atoms with Crippen LogP contribution in [0.1, 0.15) is 12.5 Å². The van der Waals surface area contributed by atoms with Crippen molar-refractivity contribution in [1.82, 2.24) is 0 Å². The quantitative estimate of drug-likeness (QED) is 0.823. The van der Waals surface area contributed by atoms with E-state index >= 15 is 0 Å². The molecule has 88 valence electrons. The maximum Gasteiger partial charge on any atom is 0.141 e. The minimum atomic E-state index is 0.495. The average molecular weight is 260 g/mol. The number of nitrogens with two attached hydrogens (primary N) is 1. The van der Waals surface area contributed by atoms with E-state index in [4.69, 9.17) is 33.7 Å². The van der Waals surface area contributed by atoms with E-state index in [9.17, 15) is 0 Å². The predicted octanol–water partition coefficient (Wildman–Crippen LogP) is 3.45. The molecule has 2 N–H and O–H groups in total. The Kier molecular flexibility index (Phi) is 5.67. The monoisotopic (exact) mass is 259 g/mol. The van der Waals surface area contributed by atoms with Gasteiger partial charge in [-0.3, -0.25) is 0 Å². The highest BCUT2D eigenvalue weighted by atomic mass is 35.5. The van der Waals surface area contributed by atoms with Crippen LogP contribution in [0.5, 0.6) is 5.75 Å². The summed E-state index contributed by atoms with van der Waals surface area (Å²) in [6.45, 7) is 2.97. The highest BCUT2D eigenvalue weighted by molar-refractivity contribution is 6.35. The molecule has 0 bridgehead atoms. The second-order valence-corrected chi connectivity index (χ2v) is 4.14. The van der Waals surface area contributed by atoms with Crippen LogP contribution in [0.25, 0.3) is 0 Å². The van der Waals surface area contributed by atoms with Gasteiger partial charge in [-0.1, -0.05) is 35.4 Å². The maximum atomic E-state index is 6.07. The van der Waals surface area contributed by atoms with Crippen LogP contribution in [0.15, 0.2) is 24.3 Å². The van der Waals surface area contributed by atoms with E-state index in [0.717, 1.165) is 5.56 Å². The van der Waals surface area contributed by atoms with Crippen molar-refractivity contribution in [2.24, 2.45) is 5.73 Å². The van der Waals surface area contributed by atoms with Crippen LogP contribution in [0.3, 0.4) is 0 Å². The van der Waals surface area contributed by atoms with E-state index in [1.807, 2.05) is 25.1 Å². The van der Waals surface area contributed by atoms with Crippen molar-refractivity contribution in [2.75, 3.05) is 13.2 Å². The lowest BCUT2D eigenvalue weighted by molar-refractivity contribution is 0.359. The summed E-state index contributed by atoms with van der Waals surface area (Å²) in [6.07, 6.45) is 4.54. The summed E-state index contributed by atoms with van der Waals surface area (Å²) >= 11 is 12.0. The standard InChI is InChI=1S/C12H15Cl2NO/c1-2-3-6-16-12-9(4-5-15)7-10(13)8-11(12)14/h2-3,7-8H,4-6,15H2,1H3/b3-2+.